The number of benzene rings is 1. The number of carboxylic acid groups (broad SMARTS) is 1. The Bertz CT molecular complexity index is 591. The maximum Gasteiger partial charge on any atom is 0.318 e. The van der Waals surface area contributed by atoms with Gasteiger partial charge in [-0.25, -0.2) is 4.39 Å². The van der Waals surface area contributed by atoms with E-state index in [1.165, 1.54) is 24.3 Å². The van der Waals surface area contributed by atoms with Gasteiger partial charge in [-0.3, -0.25) is 4.79 Å². The molecule has 1 aliphatic rings. The third-order valence-corrected chi connectivity index (χ3v) is 4.08. The lowest BCUT2D eigenvalue weighted by molar-refractivity contribution is -0.319. The molecule has 0 bridgehead atoms. The second-order valence-electron chi connectivity index (χ2n) is 5.31. The van der Waals surface area contributed by atoms with Gasteiger partial charge in [-0.2, -0.15) is 0 Å². The summed E-state index contributed by atoms with van der Waals surface area (Å²) in [4.78, 5) is 23.9. The Hall–Kier alpha value is -2.17. The largest absolute Gasteiger partial charge is 0.549 e. The molecule has 4 nitrogen and oxygen atoms in total. The minimum atomic E-state index is -1.77. The number of rotatable bonds is 3. The van der Waals surface area contributed by atoms with Crippen LogP contribution in [0.3, 0.4) is 0 Å². The Morgan fingerprint density at radius 1 is 1.33 bits per heavy atom. The van der Waals surface area contributed by atoms with E-state index in [1.54, 1.807) is 6.08 Å². The predicted octanol–water partition coefficient (Wildman–Crippen LogP) is 1.56. The van der Waals surface area contributed by atoms with E-state index in [2.05, 4.69) is 0 Å². The molecule has 0 saturated heterocycles. The van der Waals surface area contributed by atoms with Crippen molar-refractivity contribution in [2.45, 2.75) is 25.7 Å². The topological polar surface area (TPSA) is 66.4 Å². The van der Waals surface area contributed by atoms with Crippen molar-refractivity contribution in [2.75, 3.05) is 7.11 Å². The highest BCUT2D eigenvalue weighted by Crippen LogP contribution is 2.47. The molecule has 0 N–H and O–H groups in total. The number of hydrogen-bond donors (Lipinski definition) is 0. The van der Waals surface area contributed by atoms with Crippen LogP contribution in [0.1, 0.15) is 31.2 Å². The van der Waals surface area contributed by atoms with Crippen molar-refractivity contribution >= 4 is 11.9 Å². The van der Waals surface area contributed by atoms with Gasteiger partial charge in [-0.15, -0.1) is 0 Å². The van der Waals surface area contributed by atoms with Crippen molar-refractivity contribution in [1.29, 1.82) is 0 Å². The molecule has 1 aromatic carbocycles. The van der Waals surface area contributed by atoms with Crippen molar-refractivity contribution in [2.24, 2.45) is 5.41 Å². The van der Waals surface area contributed by atoms with Crippen molar-refractivity contribution in [3.8, 4) is 0 Å². The zero-order valence-electron chi connectivity index (χ0n) is 11.9. The summed E-state index contributed by atoms with van der Waals surface area (Å²) in [5.74, 6) is -3.35. The SMILES string of the molecule is COC(=O)[C@]1(C(=O)[O-])CC=C(C)C[C@H]1c1ccc(F)cc1. The minimum absolute atomic E-state index is 0.00980. The Labute approximate surface area is 122 Å². The second-order valence-corrected chi connectivity index (χ2v) is 5.31. The summed E-state index contributed by atoms with van der Waals surface area (Å²) in [6, 6.07) is 5.50. The molecule has 112 valence electrons. The van der Waals surface area contributed by atoms with E-state index >= 15 is 0 Å². The molecule has 2 atom stereocenters. The van der Waals surface area contributed by atoms with Crippen LogP contribution in [0.5, 0.6) is 0 Å². The maximum absolute atomic E-state index is 13.1. The lowest BCUT2D eigenvalue weighted by Crippen LogP contribution is -2.53. The number of esters is 1. The van der Waals surface area contributed by atoms with Crippen LogP contribution in [-0.4, -0.2) is 19.0 Å². The molecule has 21 heavy (non-hydrogen) atoms. The molecule has 0 radical (unpaired) electrons. The van der Waals surface area contributed by atoms with Crippen LogP contribution in [0.15, 0.2) is 35.9 Å². The first kappa shape index (κ1) is 15.2. The molecule has 0 amide bonds. The fourth-order valence-electron chi connectivity index (χ4n) is 2.87. The van der Waals surface area contributed by atoms with Gasteiger partial charge in [0.1, 0.15) is 11.2 Å². The minimum Gasteiger partial charge on any atom is -0.549 e. The molecule has 5 heteroatoms. The summed E-state index contributed by atoms with van der Waals surface area (Å²) >= 11 is 0. The molecule has 0 saturated carbocycles. The number of methoxy groups -OCH3 is 1. The van der Waals surface area contributed by atoms with E-state index in [-0.39, 0.29) is 6.42 Å². The first-order valence-corrected chi connectivity index (χ1v) is 6.62. The highest BCUT2D eigenvalue weighted by atomic mass is 19.1. The van der Waals surface area contributed by atoms with Gasteiger partial charge in [-0.05, 0) is 37.5 Å². The number of ether oxygens (including phenoxy) is 1. The maximum atomic E-state index is 13.1. The van der Waals surface area contributed by atoms with Gasteiger partial charge in [0.15, 0.2) is 0 Å². The first-order valence-electron chi connectivity index (χ1n) is 6.62. The summed E-state index contributed by atoms with van der Waals surface area (Å²) < 4.78 is 17.8. The van der Waals surface area contributed by atoms with E-state index < -0.39 is 29.1 Å². The van der Waals surface area contributed by atoms with Gasteiger partial charge in [0.2, 0.25) is 0 Å². The number of carbonyl (C=O) groups is 2. The fraction of sp³-hybridized carbons (Fsp3) is 0.375. The monoisotopic (exact) mass is 291 g/mol. The molecular formula is C16H16FO4-. The van der Waals surface area contributed by atoms with E-state index in [9.17, 15) is 19.1 Å². The smallest absolute Gasteiger partial charge is 0.318 e. The third-order valence-electron chi connectivity index (χ3n) is 4.08. The summed E-state index contributed by atoms with van der Waals surface area (Å²) in [5, 5.41) is 11.7. The standard InChI is InChI=1S/C16H17FO4/c1-10-7-8-16(14(18)19,15(20)21-2)13(9-10)11-3-5-12(17)6-4-11/h3-7,13H,8-9H2,1-2H3,(H,18,19)/p-1/t13-,16+/m0/s1. The van der Waals surface area contributed by atoms with Crippen molar-refractivity contribution in [3.05, 3.63) is 47.3 Å². The van der Waals surface area contributed by atoms with Crippen LogP contribution in [0.4, 0.5) is 4.39 Å². The average Bonchev–Trinajstić information content (AvgIpc) is 2.47. The van der Waals surface area contributed by atoms with Crippen LogP contribution < -0.4 is 5.11 Å². The van der Waals surface area contributed by atoms with Gasteiger partial charge >= 0.3 is 5.97 Å². The first-order chi connectivity index (χ1) is 9.91. The highest BCUT2D eigenvalue weighted by molar-refractivity contribution is 6.00. The zero-order valence-corrected chi connectivity index (χ0v) is 11.9. The van der Waals surface area contributed by atoms with Crippen molar-refractivity contribution < 1.29 is 23.8 Å². The Kier molecular flexibility index (Phi) is 4.11. The van der Waals surface area contributed by atoms with Crippen molar-refractivity contribution in [3.63, 3.8) is 0 Å². The van der Waals surface area contributed by atoms with Crippen molar-refractivity contribution in [1.82, 2.24) is 0 Å². The van der Waals surface area contributed by atoms with Crippen LogP contribution in [0, 0.1) is 11.2 Å². The highest BCUT2D eigenvalue weighted by Gasteiger charge is 2.49. The van der Waals surface area contributed by atoms with E-state index in [1.807, 2.05) is 6.92 Å². The average molecular weight is 291 g/mol. The molecule has 0 aliphatic heterocycles. The predicted molar refractivity (Wildman–Crippen MR) is 71.6 cm³/mol. The molecule has 0 aromatic heterocycles. The van der Waals surface area contributed by atoms with Crippen LogP contribution in [0.2, 0.25) is 0 Å². The lowest BCUT2D eigenvalue weighted by atomic mass is 9.64. The van der Waals surface area contributed by atoms with Crippen LogP contribution >= 0.6 is 0 Å². The Morgan fingerprint density at radius 3 is 2.48 bits per heavy atom. The molecule has 1 aliphatic carbocycles. The second kappa shape index (κ2) is 5.68. The molecule has 2 rings (SSSR count). The van der Waals surface area contributed by atoms with E-state index in [0.29, 0.717) is 12.0 Å². The number of aliphatic carboxylic acids is 1. The zero-order chi connectivity index (χ0) is 15.6. The lowest BCUT2D eigenvalue weighted by Gasteiger charge is -2.41. The molecule has 0 heterocycles. The molecular weight excluding hydrogens is 275 g/mol. The number of carboxylic acids is 1. The summed E-state index contributed by atoms with van der Waals surface area (Å²) in [5.41, 5.74) is -0.213. The van der Waals surface area contributed by atoms with E-state index in [4.69, 9.17) is 4.74 Å². The molecule has 0 fully saturated rings. The van der Waals surface area contributed by atoms with Gasteiger partial charge in [0.05, 0.1) is 13.1 Å². The normalized spacial score (nSPS) is 25.1. The van der Waals surface area contributed by atoms with E-state index in [0.717, 1.165) is 12.7 Å². The summed E-state index contributed by atoms with van der Waals surface area (Å²) in [6.07, 6.45) is 2.11. The van der Waals surface area contributed by atoms with Crippen LogP contribution in [0.25, 0.3) is 0 Å². The third kappa shape index (κ3) is 2.55. The number of hydrogen-bond acceptors (Lipinski definition) is 4. The summed E-state index contributed by atoms with van der Waals surface area (Å²) in [6.45, 7) is 1.87. The Balaban J connectivity index is 2.56. The van der Waals surface area contributed by atoms with Gasteiger partial charge < -0.3 is 14.6 Å². The number of halogens is 1. The Morgan fingerprint density at radius 2 is 1.95 bits per heavy atom. The number of carbonyl (C=O) groups excluding carboxylic acids is 2. The number of allylic oxidation sites excluding steroid dienone is 2. The fourth-order valence-corrected chi connectivity index (χ4v) is 2.87. The van der Waals surface area contributed by atoms with Gasteiger partial charge in [0, 0.05) is 5.92 Å². The van der Waals surface area contributed by atoms with Gasteiger partial charge in [0.25, 0.3) is 0 Å². The summed E-state index contributed by atoms with van der Waals surface area (Å²) in [7, 11) is 1.15. The molecule has 1 aromatic rings. The quantitative estimate of drug-likeness (QED) is 0.481. The van der Waals surface area contributed by atoms with Gasteiger partial charge in [-0.1, -0.05) is 23.8 Å². The van der Waals surface area contributed by atoms with Crippen LogP contribution in [-0.2, 0) is 14.3 Å². The molecule has 0 unspecified atom stereocenters. The molecule has 0 spiro atoms.